The average Bonchev–Trinajstić information content (AvgIpc) is 3.59. The highest BCUT2D eigenvalue weighted by Gasteiger charge is 2.17. The molecule has 0 aliphatic heterocycles. The molecule has 0 radical (unpaired) electrons. The monoisotopic (exact) mass is 837 g/mol. The molecule has 0 unspecified atom stereocenters. The fraction of sp³-hybridized carbons (Fsp3) is 0. The highest BCUT2D eigenvalue weighted by atomic mass is 15.1. The quantitative estimate of drug-likeness (QED) is 0.138. The zero-order valence-electron chi connectivity index (χ0n) is 46.8. The lowest BCUT2D eigenvalue weighted by Crippen LogP contribution is -2.09. The summed E-state index contributed by atoms with van der Waals surface area (Å²) >= 11 is 0. The second-order valence-corrected chi connectivity index (χ2v) is 15.9. The molecule has 65 heavy (non-hydrogen) atoms. The largest absolute Gasteiger partial charge is 0.311 e. The van der Waals surface area contributed by atoms with E-state index in [-0.39, 0.29) is 16.7 Å². The first-order valence-corrected chi connectivity index (χ1v) is 21.4. The summed E-state index contributed by atoms with van der Waals surface area (Å²) in [4.78, 5) is 0.871. The second kappa shape index (κ2) is 16.3. The van der Waals surface area contributed by atoms with Crippen LogP contribution in [0.5, 0.6) is 0 Å². The van der Waals surface area contributed by atoms with Crippen LogP contribution in [-0.2, 0) is 0 Å². The van der Waals surface area contributed by atoms with E-state index in [2.05, 4.69) is 6.07 Å². The van der Waals surface area contributed by atoms with Gasteiger partial charge in [0.05, 0.1) is 16.4 Å². The van der Waals surface area contributed by atoms with Crippen molar-refractivity contribution in [1.29, 1.82) is 0 Å². The molecule has 0 fully saturated rings. The van der Waals surface area contributed by atoms with Crippen LogP contribution in [0.4, 0.5) is 17.1 Å². The normalized spacial score (nSPS) is 14.0. The molecule has 0 heterocycles. The number of hydrogen-bond donors (Lipinski definition) is 0. The van der Waals surface area contributed by atoms with Gasteiger partial charge in [-0.1, -0.05) is 212 Å². The number of rotatable bonds is 8. The Morgan fingerprint density at radius 3 is 1.34 bits per heavy atom. The van der Waals surface area contributed by atoms with Crippen molar-refractivity contribution in [2.75, 3.05) is 4.90 Å². The Morgan fingerprint density at radius 1 is 0.246 bits per heavy atom. The van der Waals surface area contributed by atoms with E-state index in [1.165, 1.54) is 0 Å². The van der Waals surface area contributed by atoms with Crippen molar-refractivity contribution in [2.24, 2.45) is 0 Å². The molecule has 12 aromatic rings. The van der Waals surface area contributed by atoms with E-state index in [4.69, 9.17) is 0 Å². The minimum absolute atomic E-state index is 0.0552. The average molecular weight is 838 g/mol. The highest BCUT2D eigenvalue weighted by molar-refractivity contribution is 6.08. The van der Waals surface area contributed by atoms with Gasteiger partial charge in [0, 0.05) is 17.1 Å². The summed E-state index contributed by atoms with van der Waals surface area (Å²) in [5.41, 5.74) is 2.38. The highest BCUT2D eigenvalue weighted by Crippen LogP contribution is 2.42. The molecule has 0 atom stereocenters. The predicted molar refractivity (Wildman–Crippen MR) is 278 cm³/mol. The summed E-state index contributed by atoms with van der Waals surface area (Å²) in [5, 5.41) is 7.29. The molecule has 12 aromatic carbocycles. The van der Waals surface area contributed by atoms with E-state index in [9.17, 15) is 16.4 Å². The summed E-state index contributed by atoms with van der Waals surface area (Å²) in [6.07, 6.45) is 0. The molecule has 0 saturated carbocycles. The summed E-state index contributed by atoms with van der Waals surface area (Å²) in [6, 6.07) is 51.7. The van der Waals surface area contributed by atoms with Gasteiger partial charge in [0.1, 0.15) is 0 Å². The van der Waals surface area contributed by atoms with Gasteiger partial charge >= 0.3 is 0 Å². The van der Waals surface area contributed by atoms with Gasteiger partial charge in [0.2, 0.25) is 0 Å². The fourth-order valence-electron chi connectivity index (χ4n) is 8.77. The minimum Gasteiger partial charge on any atom is -0.311 e. The molecule has 1 heteroatoms. The van der Waals surface area contributed by atoms with Crippen LogP contribution in [-0.4, -0.2) is 0 Å². The van der Waals surface area contributed by atoms with Gasteiger partial charge in [0.15, 0.2) is 0 Å². The van der Waals surface area contributed by atoms with E-state index in [1.54, 1.807) is 24.3 Å². The minimum atomic E-state index is -0.680. The first-order chi connectivity index (χ1) is 37.2. The van der Waals surface area contributed by atoms with Crippen LogP contribution in [0.2, 0.25) is 0 Å². The molecule has 0 aromatic heterocycles. The zero-order valence-corrected chi connectivity index (χ0v) is 34.8. The second-order valence-electron chi connectivity index (χ2n) is 15.9. The summed E-state index contributed by atoms with van der Waals surface area (Å²) in [6.45, 7) is 0. The molecule has 0 spiro atoms. The standard InChI is InChI=1S/C64H43N/c1-2-11-49(12-3-1)63-41-32-51-14-7-9-17-62(51)64(63)52-30-38-59(39-31-52)65(58-36-28-48(29-37-58)55-33-40-61-56(43-55)25-23-50-13-6-8-16-60(50)61)57-34-26-46(27-35-57)45-18-20-47(21-19-45)54-24-22-44-10-4-5-15-53(44)42-54/h1-43H/i26D,27D,28D,29D,30D,31D,34D,35D,36D,37D,38D,39D. The molecule has 0 saturated heterocycles. The van der Waals surface area contributed by atoms with E-state index in [1.807, 2.05) is 158 Å². The molecule has 0 aliphatic carbocycles. The van der Waals surface area contributed by atoms with Gasteiger partial charge in [-0.25, -0.2) is 0 Å². The van der Waals surface area contributed by atoms with E-state index < -0.39 is 89.6 Å². The third kappa shape index (κ3) is 7.20. The molecule has 304 valence electrons. The van der Waals surface area contributed by atoms with Crippen LogP contribution >= 0.6 is 0 Å². The fourth-order valence-corrected chi connectivity index (χ4v) is 8.77. The third-order valence-corrected chi connectivity index (χ3v) is 12.1. The van der Waals surface area contributed by atoms with Crippen molar-refractivity contribution in [1.82, 2.24) is 0 Å². The topological polar surface area (TPSA) is 3.24 Å². The van der Waals surface area contributed by atoms with Crippen LogP contribution in [0.1, 0.15) is 16.4 Å². The van der Waals surface area contributed by atoms with Gasteiger partial charge in [-0.3, -0.25) is 0 Å². The smallest absolute Gasteiger partial charge is 0.0645 e. The van der Waals surface area contributed by atoms with Crippen LogP contribution < -0.4 is 4.90 Å². The van der Waals surface area contributed by atoms with E-state index >= 15 is 0 Å². The lowest BCUT2D eigenvalue weighted by atomic mass is 9.89. The summed E-state index contributed by atoms with van der Waals surface area (Å²) in [7, 11) is 0. The molecule has 0 N–H and O–H groups in total. The van der Waals surface area contributed by atoms with Gasteiger partial charge in [-0.15, -0.1) is 0 Å². The molecule has 0 amide bonds. The summed E-state index contributed by atoms with van der Waals surface area (Å²) in [5.74, 6) is 0. The lowest BCUT2D eigenvalue weighted by molar-refractivity contribution is 1.28. The van der Waals surface area contributed by atoms with Gasteiger partial charge in [-0.05, 0) is 147 Å². The van der Waals surface area contributed by atoms with Crippen LogP contribution in [0, 0.1) is 0 Å². The van der Waals surface area contributed by atoms with Crippen molar-refractivity contribution < 1.29 is 16.4 Å². The molecule has 0 bridgehead atoms. The number of anilines is 3. The molecular weight excluding hydrogens is 783 g/mol. The SMILES string of the molecule is [2H]c1c([2H])c(N(c2c([2H])c([2H])c(-c3ccc4c(ccc5ccccc54)c3)c([2H])c2[2H])c2c([2H])c([2H])c(-c3c(-c4ccccc4)ccc4ccccc34)c([2H])c2[2H])c([2H])c([2H])c1-c1ccc(-c2ccc3ccccc3c2)cc1. The predicted octanol–water partition coefficient (Wildman–Crippen LogP) is 18.1. The van der Waals surface area contributed by atoms with Crippen LogP contribution in [0.25, 0.3) is 98.7 Å². The molecule has 0 aliphatic rings. The maximum absolute atomic E-state index is 9.89. The van der Waals surface area contributed by atoms with Crippen LogP contribution in [0.15, 0.2) is 261 Å². The summed E-state index contributed by atoms with van der Waals surface area (Å²) < 4.78 is 117. The van der Waals surface area contributed by atoms with Crippen molar-refractivity contribution in [3.8, 4) is 55.6 Å². The first kappa shape index (κ1) is 27.5. The Bertz CT molecular complexity index is 4340. The molecule has 1 nitrogen and oxygen atoms in total. The van der Waals surface area contributed by atoms with Gasteiger partial charge < -0.3 is 4.90 Å². The Morgan fingerprint density at radius 2 is 0.662 bits per heavy atom. The van der Waals surface area contributed by atoms with E-state index in [0.717, 1.165) is 59.3 Å². The Hall–Kier alpha value is -8.52. The Labute approximate surface area is 396 Å². The van der Waals surface area contributed by atoms with Crippen molar-refractivity contribution in [3.05, 3.63) is 261 Å². The number of benzene rings is 12. The lowest BCUT2D eigenvalue weighted by Gasteiger charge is -2.26. The number of hydrogen-bond acceptors (Lipinski definition) is 1. The number of fused-ring (bicyclic) bond motifs is 5. The number of nitrogens with zero attached hydrogens (tertiary/aromatic N) is 1. The van der Waals surface area contributed by atoms with Crippen molar-refractivity contribution >= 4 is 60.2 Å². The Kier molecular flexibility index (Phi) is 6.91. The molecule has 12 rings (SSSR count). The van der Waals surface area contributed by atoms with E-state index in [0.29, 0.717) is 27.6 Å². The molecular formula is C64H43N. The maximum atomic E-state index is 9.89. The third-order valence-electron chi connectivity index (χ3n) is 12.1. The van der Waals surface area contributed by atoms with Gasteiger partial charge in [-0.2, -0.15) is 0 Å². The van der Waals surface area contributed by atoms with Gasteiger partial charge in [0.25, 0.3) is 0 Å². The zero-order chi connectivity index (χ0) is 53.6. The van der Waals surface area contributed by atoms with Crippen LogP contribution in [0.3, 0.4) is 0 Å². The Balaban J connectivity index is 1.09. The van der Waals surface area contributed by atoms with Crippen molar-refractivity contribution in [3.63, 3.8) is 0 Å². The first-order valence-electron chi connectivity index (χ1n) is 27.4. The van der Waals surface area contributed by atoms with Crippen molar-refractivity contribution in [2.45, 2.75) is 0 Å². The maximum Gasteiger partial charge on any atom is 0.0645 e.